The molecule has 4 nitrogen and oxygen atoms in total. The lowest BCUT2D eigenvalue weighted by Gasteiger charge is -2.02. The number of carbonyl (C=O) groups is 1. The van der Waals surface area contributed by atoms with Crippen LogP contribution < -0.4 is 0 Å². The van der Waals surface area contributed by atoms with Gasteiger partial charge in [-0.25, -0.2) is 9.78 Å². The van der Waals surface area contributed by atoms with Crippen LogP contribution in [-0.4, -0.2) is 20.5 Å². The van der Waals surface area contributed by atoms with Crippen molar-refractivity contribution >= 4 is 23.1 Å². The summed E-state index contributed by atoms with van der Waals surface area (Å²) >= 11 is 5.83. The predicted molar refractivity (Wildman–Crippen MR) is 56.5 cm³/mol. The van der Waals surface area contributed by atoms with E-state index in [1.54, 1.807) is 16.7 Å². The van der Waals surface area contributed by atoms with Gasteiger partial charge in [0.2, 0.25) is 0 Å². The zero-order valence-electron chi connectivity index (χ0n) is 8.07. The average Bonchev–Trinajstić information content (AvgIpc) is 2.58. The second-order valence-corrected chi connectivity index (χ2v) is 3.57. The number of imidazole rings is 1. The van der Waals surface area contributed by atoms with Gasteiger partial charge < -0.3 is 9.51 Å². The molecule has 0 spiro atoms. The van der Waals surface area contributed by atoms with Crippen LogP contribution in [0.3, 0.4) is 0 Å². The van der Waals surface area contributed by atoms with Crippen molar-refractivity contribution in [2.75, 3.05) is 0 Å². The Morgan fingerprint density at radius 2 is 2.40 bits per heavy atom. The largest absolute Gasteiger partial charge is 0.478 e. The Hall–Kier alpha value is -1.55. The van der Waals surface area contributed by atoms with Gasteiger partial charge in [0, 0.05) is 12.6 Å². The van der Waals surface area contributed by atoms with Gasteiger partial charge in [-0.3, -0.25) is 0 Å². The summed E-state index contributed by atoms with van der Waals surface area (Å²) < 4.78 is 1.75. The van der Waals surface area contributed by atoms with Gasteiger partial charge in [0.05, 0.1) is 22.3 Å². The van der Waals surface area contributed by atoms with Crippen molar-refractivity contribution in [2.45, 2.75) is 13.3 Å². The van der Waals surface area contributed by atoms with E-state index in [4.69, 9.17) is 16.7 Å². The Morgan fingerprint density at radius 3 is 3.00 bits per heavy atom. The fraction of sp³-hybridized carbons (Fsp3) is 0.200. The van der Waals surface area contributed by atoms with Gasteiger partial charge in [-0.1, -0.05) is 18.5 Å². The minimum Gasteiger partial charge on any atom is -0.478 e. The van der Waals surface area contributed by atoms with Gasteiger partial charge in [0.25, 0.3) is 0 Å². The molecule has 0 unspecified atom stereocenters. The van der Waals surface area contributed by atoms with Crippen LogP contribution in [0.1, 0.15) is 23.1 Å². The molecule has 2 aromatic rings. The lowest BCUT2D eigenvalue weighted by Crippen LogP contribution is -2.01. The van der Waals surface area contributed by atoms with Gasteiger partial charge in [-0.05, 0) is 6.07 Å². The van der Waals surface area contributed by atoms with Crippen LogP contribution in [0, 0.1) is 0 Å². The van der Waals surface area contributed by atoms with Crippen LogP contribution in [-0.2, 0) is 6.42 Å². The standard InChI is InChI=1S/C10H9ClN2O2/c1-2-9-12-4-6-3-8(11)7(10(14)15)5-13(6)9/h3-5H,2H2,1H3,(H,14,15). The number of fused-ring (bicyclic) bond motifs is 1. The number of hydrogen-bond donors (Lipinski definition) is 1. The summed E-state index contributed by atoms with van der Waals surface area (Å²) in [6.45, 7) is 1.96. The highest BCUT2D eigenvalue weighted by atomic mass is 35.5. The van der Waals surface area contributed by atoms with Crippen molar-refractivity contribution in [3.63, 3.8) is 0 Å². The molecule has 0 aliphatic rings. The summed E-state index contributed by atoms with van der Waals surface area (Å²) in [6, 6.07) is 1.61. The highest BCUT2D eigenvalue weighted by Crippen LogP contribution is 2.19. The third kappa shape index (κ3) is 1.57. The first-order valence-corrected chi connectivity index (χ1v) is 4.90. The van der Waals surface area contributed by atoms with Gasteiger partial charge in [-0.15, -0.1) is 0 Å². The van der Waals surface area contributed by atoms with E-state index in [1.165, 1.54) is 6.20 Å². The molecule has 0 radical (unpaired) electrons. The second kappa shape index (κ2) is 3.55. The smallest absolute Gasteiger partial charge is 0.338 e. The van der Waals surface area contributed by atoms with Gasteiger partial charge in [0.15, 0.2) is 0 Å². The number of aryl methyl sites for hydroxylation is 1. The number of halogens is 1. The van der Waals surface area contributed by atoms with Crippen LogP contribution >= 0.6 is 11.6 Å². The van der Waals surface area contributed by atoms with E-state index in [2.05, 4.69) is 4.98 Å². The van der Waals surface area contributed by atoms with E-state index < -0.39 is 5.97 Å². The molecule has 5 heteroatoms. The Kier molecular flexibility index (Phi) is 2.36. The monoisotopic (exact) mass is 224 g/mol. The fourth-order valence-corrected chi connectivity index (χ4v) is 1.73. The van der Waals surface area contributed by atoms with Crippen LogP contribution in [0.15, 0.2) is 18.5 Å². The van der Waals surface area contributed by atoms with Crippen LogP contribution in [0.25, 0.3) is 5.52 Å². The molecule has 0 aliphatic carbocycles. The maximum absolute atomic E-state index is 10.9. The molecule has 0 bridgehead atoms. The number of aromatic carboxylic acids is 1. The Labute approximate surface area is 91.1 Å². The van der Waals surface area contributed by atoms with Gasteiger partial charge >= 0.3 is 5.97 Å². The number of nitrogens with zero attached hydrogens (tertiary/aromatic N) is 2. The quantitative estimate of drug-likeness (QED) is 0.851. The zero-order chi connectivity index (χ0) is 11.0. The molecule has 0 saturated heterocycles. The normalized spacial score (nSPS) is 10.8. The Balaban J connectivity index is 2.75. The number of aromatic nitrogens is 2. The van der Waals surface area contributed by atoms with Gasteiger partial charge in [-0.2, -0.15) is 0 Å². The Bertz CT molecular complexity index is 533. The predicted octanol–water partition coefficient (Wildman–Crippen LogP) is 2.25. The molecule has 2 aromatic heterocycles. The Morgan fingerprint density at radius 1 is 1.67 bits per heavy atom. The van der Waals surface area contributed by atoms with E-state index in [-0.39, 0.29) is 10.6 Å². The van der Waals surface area contributed by atoms with Crippen molar-refractivity contribution in [3.8, 4) is 0 Å². The van der Waals surface area contributed by atoms with E-state index in [0.29, 0.717) is 0 Å². The third-order valence-corrected chi connectivity index (χ3v) is 2.55. The molecule has 0 fully saturated rings. The summed E-state index contributed by atoms with van der Waals surface area (Å²) in [4.78, 5) is 15.0. The van der Waals surface area contributed by atoms with E-state index in [9.17, 15) is 4.79 Å². The van der Waals surface area contributed by atoms with E-state index >= 15 is 0 Å². The maximum atomic E-state index is 10.9. The minimum absolute atomic E-state index is 0.0943. The minimum atomic E-state index is -1.03. The number of rotatable bonds is 2. The van der Waals surface area contributed by atoms with Crippen LogP contribution in [0.5, 0.6) is 0 Å². The number of pyridine rings is 1. The molecule has 15 heavy (non-hydrogen) atoms. The molecular weight excluding hydrogens is 216 g/mol. The zero-order valence-corrected chi connectivity index (χ0v) is 8.82. The molecule has 2 heterocycles. The first-order chi connectivity index (χ1) is 7.13. The fourth-order valence-electron chi connectivity index (χ4n) is 1.49. The lowest BCUT2D eigenvalue weighted by atomic mass is 10.2. The third-order valence-electron chi connectivity index (χ3n) is 2.24. The first-order valence-electron chi connectivity index (χ1n) is 4.52. The molecule has 0 aromatic carbocycles. The molecule has 2 rings (SSSR count). The molecule has 0 saturated carbocycles. The van der Waals surface area contributed by atoms with Crippen molar-refractivity contribution in [2.24, 2.45) is 0 Å². The van der Waals surface area contributed by atoms with Gasteiger partial charge in [0.1, 0.15) is 5.82 Å². The van der Waals surface area contributed by atoms with Crippen molar-refractivity contribution in [1.82, 2.24) is 9.38 Å². The number of carboxylic acid groups (broad SMARTS) is 1. The van der Waals surface area contributed by atoms with Crippen molar-refractivity contribution in [1.29, 1.82) is 0 Å². The van der Waals surface area contributed by atoms with E-state index in [0.717, 1.165) is 17.8 Å². The first kappa shape index (κ1) is 9.98. The lowest BCUT2D eigenvalue weighted by molar-refractivity contribution is 0.0696. The highest BCUT2D eigenvalue weighted by molar-refractivity contribution is 6.33. The topological polar surface area (TPSA) is 54.6 Å². The molecule has 1 N–H and O–H groups in total. The van der Waals surface area contributed by atoms with Crippen LogP contribution in [0.4, 0.5) is 0 Å². The SMILES string of the molecule is CCc1ncc2cc(Cl)c(C(=O)O)cn12. The summed E-state index contributed by atoms with van der Waals surface area (Å²) in [6.07, 6.45) is 3.93. The molecule has 0 amide bonds. The summed E-state index contributed by atoms with van der Waals surface area (Å²) in [7, 11) is 0. The highest BCUT2D eigenvalue weighted by Gasteiger charge is 2.11. The summed E-state index contributed by atoms with van der Waals surface area (Å²) in [5.74, 6) is -0.207. The van der Waals surface area contributed by atoms with Crippen LogP contribution in [0.2, 0.25) is 5.02 Å². The average molecular weight is 225 g/mol. The van der Waals surface area contributed by atoms with Crippen molar-refractivity contribution in [3.05, 3.63) is 34.9 Å². The number of hydrogen-bond acceptors (Lipinski definition) is 2. The molecule has 78 valence electrons. The molecular formula is C10H9ClN2O2. The number of carboxylic acids is 1. The summed E-state index contributed by atoms with van der Waals surface area (Å²) in [5.41, 5.74) is 0.902. The van der Waals surface area contributed by atoms with E-state index in [1.807, 2.05) is 6.92 Å². The molecule has 0 atom stereocenters. The maximum Gasteiger partial charge on any atom is 0.338 e. The van der Waals surface area contributed by atoms with Crippen molar-refractivity contribution < 1.29 is 9.90 Å². The summed E-state index contributed by atoms with van der Waals surface area (Å²) in [5, 5.41) is 9.14. The molecule has 0 aliphatic heterocycles. The second-order valence-electron chi connectivity index (χ2n) is 3.16.